The number of nitrogens with two attached hydrogens (primary N) is 1. The standard InChI is InChI=1S/C14H20F3N5O2/c1-9-7-11(14(15,16)17)20-22(9)6-4-19-12(23)10-3-2-5-21(8-10)13(18)24/h7,10H,2-6,8H2,1H3,(H2,18,24)(H,19,23). The van der Waals surface area contributed by atoms with Crippen molar-refractivity contribution < 1.29 is 22.8 Å². The molecule has 0 aromatic carbocycles. The molecule has 7 nitrogen and oxygen atoms in total. The van der Waals surface area contributed by atoms with Crippen LogP contribution in [0, 0.1) is 12.8 Å². The summed E-state index contributed by atoms with van der Waals surface area (Å²) in [6.07, 6.45) is -3.15. The van der Waals surface area contributed by atoms with Gasteiger partial charge in [0.1, 0.15) is 0 Å². The second-order valence-corrected chi connectivity index (χ2v) is 5.81. The highest BCUT2D eigenvalue weighted by Gasteiger charge is 2.34. The van der Waals surface area contributed by atoms with E-state index >= 15 is 0 Å². The molecule has 2 rings (SSSR count). The molecule has 1 aromatic rings. The smallest absolute Gasteiger partial charge is 0.354 e. The van der Waals surface area contributed by atoms with E-state index in [0.29, 0.717) is 25.1 Å². The lowest BCUT2D eigenvalue weighted by atomic mass is 9.97. The van der Waals surface area contributed by atoms with Gasteiger partial charge in [-0.1, -0.05) is 0 Å². The number of primary amides is 1. The van der Waals surface area contributed by atoms with Crippen LogP contribution in [0.1, 0.15) is 24.2 Å². The predicted molar refractivity (Wildman–Crippen MR) is 78.9 cm³/mol. The molecule has 1 aliphatic rings. The van der Waals surface area contributed by atoms with Gasteiger partial charge in [0.25, 0.3) is 0 Å². The Hall–Kier alpha value is -2.26. The van der Waals surface area contributed by atoms with E-state index in [1.807, 2.05) is 0 Å². The first kappa shape index (κ1) is 18.1. The summed E-state index contributed by atoms with van der Waals surface area (Å²) in [5.41, 5.74) is 4.63. The molecule has 24 heavy (non-hydrogen) atoms. The number of nitrogens with one attached hydrogen (secondary N) is 1. The van der Waals surface area contributed by atoms with Crippen LogP contribution in [-0.2, 0) is 17.5 Å². The molecular weight excluding hydrogens is 327 g/mol. The number of halogens is 3. The lowest BCUT2D eigenvalue weighted by Gasteiger charge is -2.30. The Labute approximate surface area is 137 Å². The van der Waals surface area contributed by atoms with Crippen molar-refractivity contribution in [2.24, 2.45) is 11.7 Å². The van der Waals surface area contributed by atoms with E-state index in [1.165, 1.54) is 16.5 Å². The first-order valence-electron chi connectivity index (χ1n) is 7.62. The third-order valence-corrected chi connectivity index (χ3v) is 4.00. The summed E-state index contributed by atoms with van der Waals surface area (Å²) in [6, 6.07) is 0.410. The van der Waals surface area contributed by atoms with E-state index in [9.17, 15) is 22.8 Å². The molecule has 0 spiro atoms. The number of nitrogens with zero attached hydrogens (tertiary/aromatic N) is 3. The van der Waals surface area contributed by atoms with Gasteiger partial charge in [0.15, 0.2) is 5.69 Å². The monoisotopic (exact) mass is 347 g/mol. The quantitative estimate of drug-likeness (QED) is 0.855. The average Bonchev–Trinajstić information content (AvgIpc) is 2.88. The number of amides is 3. The van der Waals surface area contributed by atoms with Crippen LogP contribution in [0.25, 0.3) is 0 Å². The molecule has 10 heteroatoms. The van der Waals surface area contributed by atoms with Gasteiger partial charge < -0.3 is 16.0 Å². The summed E-state index contributed by atoms with van der Waals surface area (Å²) < 4.78 is 39.0. The van der Waals surface area contributed by atoms with Gasteiger partial charge >= 0.3 is 12.2 Å². The Morgan fingerprint density at radius 3 is 2.75 bits per heavy atom. The predicted octanol–water partition coefficient (Wildman–Crippen LogP) is 1.12. The third kappa shape index (κ3) is 4.39. The van der Waals surface area contributed by atoms with Gasteiger partial charge in [-0.05, 0) is 25.8 Å². The van der Waals surface area contributed by atoms with Gasteiger partial charge in [0.2, 0.25) is 5.91 Å². The lowest BCUT2D eigenvalue weighted by molar-refractivity contribution is -0.141. The van der Waals surface area contributed by atoms with Crippen molar-refractivity contribution in [3.05, 3.63) is 17.5 Å². The van der Waals surface area contributed by atoms with Crippen molar-refractivity contribution in [1.29, 1.82) is 0 Å². The molecule has 3 amide bonds. The first-order chi connectivity index (χ1) is 11.2. The summed E-state index contributed by atoms with van der Waals surface area (Å²) in [6.45, 7) is 2.62. The van der Waals surface area contributed by atoms with Gasteiger partial charge in [-0.25, -0.2) is 4.79 Å². The van der Waals surface area contributed by atoms with Crippen molar-refractivity contribution in [2.75, 3.05) is 19.6 Å². The molecule has 0 bridgehead atoms. The second kappa shape index (κ2) is 7.10. The molecule has 1 aliphatic heterocycles. The minimum atomic E-state index is -4.49. The van der Waals surface area contributed by atoms with Crippen LogP contribution in [0.5, 0.6) is 0 Å². The van der Waals surface area contributed by atoms with E-state index < -0.39 is 17.9 Å². The lowest BCUT2D eigenvalue weighted by Crippen LogP contribution is -2.47. The minimum Gasteiger partial charge on any atom is -0.354 e. The maximum absolute atomic E-state index is 12.6. The maximum Gasteiger partial charge on any atom is 0.435 e. The molecule has 1 saturated heterocycles. The Morgan fingerprint density at radius 2 is 2.17 bits per heavy atom. The van der Waals surface area contributed by atoms with Crippen LogP contribution in [0.3, 0.4) is 0 Å². The zero-order valence-corrected chi connectivity index (χ0v) is 13.3. The Balaban J connectivity index is 1.85. The Morgan fingerprint density at radius 1 is 1.46 bits per heavy atom. The molecule has 1 unspecified atom stereocenters. The van der Waals surface area contributed by atoms with E-state index in [1.54, 1.807) is 0 Å². The van der Waals surface area contributed by atoms with Crippen molar-refractivity contribution in [3.63, 3.8) is 0 Å². The number of piperidine rings is 1. The number of hydrogen-bond acceptors (Lipinski definition) is 3. The molecule has 134 valence electrons. The molecule has 2 heterocycles. The highest BCUT2D eigenvalue weighted by molar-refractivity contribution is 5.80. The van der Waals surface area contributed by atoms with Gasteiger partial charge in [-0.2, -0.15) is 18.3 Å². The summed E-state index contributed by atoms with van der Waals surface area (Å²) >= 11 is 0. The number of likely N-dealkylation sites (tertiary alicyclic amines) is 1. The molecular formula is C14H20F3N5O2. The largest absolute Gasteiger partial charge is 0.435 e. The van der Waals surface area contributed by atoms with Crippen molar-refractivity contribution in [2.45, 2.75) is 32.5 Å². The molecule has 1 atom stereocenters. The molecule has 0 saturated carbocycles. The number of carbonyl (C=O) groups excluding carboxylic acids is 2. The van der Waals surface area contributed by atoms with Crippen molar-refractivity contribution in [3.8, 4) is 0 Å². The number of carbonyl (C=O) groups is 2. The molecule has 3 N–H and O–H groups in total. The van der Waals surface area contributed by atoms with Crippen LogP contribution in [-0.4, -0.2) is 46.3 Å². The second-order valence-electron chi connectivity index (χ2n) is 5.81. The maximum atomic E-state index is 12.6. The van der Waals surface area contributed by atoms with Crippen LogP contribution < -0.4 is 11.1 Å². The number of urea groups is 1. The average molecular weight is 347 g/mol. The molecule has 0 radical (unpaired) electrons. The molecule has 1 aromatic heterocycles. The highest BCUT2D eigenvalue weighted by Crippen LogP contribution is 2.28. The Bertz CT molecular complexity index is 614. The molecule has 1 fully saturated rings. The van der Waals surface area contributed by atoms with Crippen LogP contribution in [0.2, 0.25) is 0 Å². The van der Waals surface area contributed by atoms with Crippen molar-refractivity contribution >= 4 is 11.9 Å². The fourth-order valence-electron chi connectivity index (χ4n) is 2.70. The summed E-state index contributed by atoms with van der Waals surface area (Å²) in [5.74, 6) is -0.586. The molecule has 0 aliphatic carbocycles. The van der Waals surface area contributed by atoms with E-state index in [0.717, 1.165) is 6.07 Å². The number of hydrogen-bond donors (Lipinski definition) is 2. The number of rotatable bonds is 4. The number of alkyl halides is 3. The highest BCUT2D eigenvalue weighted by atomic mass is 19.4. The van der Waals surface area contributed by atoms with Gasteiger partial charge in [-0.15, -0.1) is 0 Å². The summed E-state index contributed by atoms with van der Waals surface area (Å²) in [5, 5.41) is 6.17. The van der Waals surface area contributed by atoms with Gasteiger partial charge in [-0.3, -0.25) is 9.48 Å². The third-order valence-electron chi connectivity index (χ3n) is 4.00. The fourth-order valence-corrected chi connectivity index (χ4v) is 2.70. The first-order valence-corrected chi connectivity index (χ1v) is 7.62. The summed E-state index contributed by atoms with van der Waals surface area (Å²) in [4.78, 5) is 24.7. The van der Waals surface area contributed by atoms with Gasteiger partial charge in [0, 0.05) is 25.3 Å². The van der Waals surface area contributed by atoms with Crippen LogP contribution >= 0.6 is 0 Å². The van der Waals surface area contributed by atoms with E-state index in [-0.39, 0.29) is 31.5 Å². The van der Waals surface area contributed by atoms with Crippen molar-refractivity contribution in [1.82, 2.24) is 20.0 Å². The Kier molecular flexibility index (Phi) is 5.35. The van der Waals surface area contributed by atoms with E-state index in [4.69, 9.17) is 5.73 Å². The normalized spacial score (nSPS) is 18.5. The van der Waals surface area contributed by atoms with E-state index in [2.05, 4.69) is 10.4 Å². The minimum absolute atomic E-state index is 0.139. The van der Waals surface area contributed by atoms with Gasteiger partial charge in [0.05, 0.1) is 12.5 Å². The zero-order chi connectivity index (χ0) is 17.9. The van der Waals surface area contributed by atoms with Crippen LogP contribution in [0.15, 0.2) is 6.07 Å². The summed E-state index contributed by atoms with van der Waals surface area (Å²) in [7, 11) is 0. The number of aryl methyl sites for hydroxylation is 1. The SMILES string of the molecule is Cc1cc(C(F)(F)F)nn1CCNC(=O)C1CCCN(C(N)=O)C1. The fraction of sp³-hybridized carbons (Fsp3) is 0.643. The zero-order valence-electron chi connectivity index (χ0n) is 13.3. The topological polar surface area (TPSA) is 93.2 Å². The van der Waals surface area contributed by atoms with Crippen LogP contribution in [0.4, 0.5) is 18.0 Å². The number of aromatic nitrogens is 2.